The largest absolute Gasteiger partial charge is 0.323 e. The highest BCUT2D eigenvalue weighted by Gasteiger charge is 2.38. The minimum absolute atomic E-state index is 0.0224. The molecule has 1 aromatic carbocycles. The summed E-state index contributed by atoms with van der Waals surface area (Å²) in [5.41, 5.74) is 1.30. The van der Waals surface area contributed by atoms with E-state index in [1.54, 1.807) is 0 Å². The number of benzene rings is 1. The molecule has 1 N–H and O–H groups in total. The molecule has 1 heterocycles. The molecule has 2 rings (SSSR count). The van der Waals surface area contributed by atoms with Crippen molar-refractivity contribution in [1.82, 2.24) is 10.2 Å². The molecule has 1 aliphatic rings. The van der Waals surface area contributed by atoms with Gasteiger partial charge in [0.2, 0.25) is 5.91 Å². The second kappa shape index (κ2) is 6.89. The molecule has 3 nitrogen and oxygen atoms in total. The summed E-state index contributed by atoms with van der Waals surface area (Å²) in [5.74, 6) is 0.280. The minimum Gasteiger partial charge on any atom is -0.323 e. The first kappa shape index (κ1) is 15.0. The van der Waals surface area contributed by atoms with Gasteiger partial charge >= 0.3 is 0 Å². The number of hydrogen-bond acceptors (Lipinski definition) is 2. The fraction of sp³-hybridized carbons (Fsp3) is 0.588. The third kappa shape index (κ3) is 3.21. The average Bonchev–Trinajstić information content (AvgIpc) is 2.75. The number of amides is 1. The topological polar surface area (TPSA) is 32.3 Å². The van der Waals surface area contributed by atoms with Gasteiger partial charge in [0.1, 0.15) is 0 Å². The maximum Gasteiger partial charge on any atom is 0.241 e. The van der Waals surface area contributed by atoms with Gasteiger partial charge in [-0.2, -0.15) is 0 Å². The fourth-order valence-corrected chi connectivity index (χ4v) is 3.15. The van der Waals surface area contributed by atoms with Crippen LogP contribution in [0.1, 0.15) is 45.6 Å². The summed E-state index contributed by atoms with van der Waals surface area (Å²) in [6.45, 7) is 6.41. The lowest BCUT2D eigenvalue weighted by Crippen LogP contribution is -2.42. The lowest BCUT2D eigenvalue weighted by molar-refractivity contribution is -0.132. The van der Waals surface area contributed by atoms with E-state index < -0.39 is 0 Å². The first-order valence-corrected chi connectivity index (χ1v) is 7.79. The van der Waals surface area contributed by atoms with Crippen LogP contribution in [0.3, 0.4) is 0 Å². The summed E-state index contributed by atoms with van der Waals surface area (Å²) in [5, 5.41) is 3.45. The van der Waals surface area contributed by atoms with Gasteiger partial charge < -0.3 is 4.90 Å². The Balaban J connectivity index is 1.96. The lowest BCUT2D eigenvalue weighted by atomic mass is 10.0. The molecule has 1 aliphatic heterocycles. The van der Waals surface area contributed by atoms with E-state index in [0.717, 1.165) is 25.7 Å². The number of carbonyl (C=O) groups excluding carboxylic acids is 1. The van der Waals surface area contributed by atoms with E-state index in [1.165, 1.54) is 5.56 Å². The van der Waals surface area contributed by atoms with Crippen LogP contribution >= 0.6 is 0 Å². The Morgan fingerprint density at radius 2 is 1.85 bits per heavy atom. The highest BCUT2D eigenvalue weighted by atomic mass is 16.2. The molecule has 0 spiro atoms. The van der Waals surface area contributed by atoms with E-state index >= 15 is 0 Å². The van der Waals surface area contributed by atoms with E-state index in [-0.39, 0.29) is 18.1 Å². The van der Waals surface area contributed by atoms with Crippen molar-refractivity contribution in [3.05, 3.63) is 35.9 Å². The predicted molar refractivity (Wildman–Crippen MR) is 82.4 cm³/mol. The second-order valence-corrected chi connectivity index (χ2v) is 5.64. The minimum atomic E-state index is -0.0224. The molecule has 1 amide bonds. The zero-order chi connectivity index (χ0) is 14.5. The van der Waals surface area contributed by atoms with Crippen LogP contribution in [0.25, 0.3) is 0 Å². The zero-order valence-corrected chi connectivity index (χ0v) is 12.8. The van der Waals surface area contributed by atoms with Crippen LogP contribution in [0.5, 0.6) is 0 Å². The number of carbonyl (C=O) groups is 1. The lowest BCUT2D eigenvalue weighted by Gasteiger charge is -2.29. The SMILES string of the molecule is CCC(CC)N1C(=O)C(CCc2ccccc2)NC1C. The van der Waals surface area contributed by atoms with Crippen LogP contribution in [-0.2, 0) is 11.2 Å². The molecule has 1 saturated heterocycles. The molecule has 1 aromatic rings. The molecule has 2 atom stereocenters. The van der Waals surface area contributed by atoms with Gasteiger partial charge in [-0.1, -0.05) is 44.2 Å². The number of rotatable bonds is 6. The van der Waals surface area contributed by atoms with Crippen molar-refractivity contribution in [2.24, 2.45) is 0 Å². The molecular weight excluding hydrogens is 248 g/mol. The normalized spacial score (nSPS) is 22.8. The van der Waals surface area contributed by atoms with Crippen molar-refractivity contribution >= 4 is 5.91 Å². The van der Waals surface area contributed by atoms with E-state index in [0.29, 0.717) is 6.04 Å². The Morgan fingerprint density at radius 3 is 2.45 bits per heavy atom. The van der Waals surface area contributed by atoms with Crippen molar-refractivity contribution in [2.75, 3.05) is 0 Å². The monoisotopic (exact) mass is 274 g/mol. The summed E-state index contributed by atoms with van der Waals surface area (Å²) >= 11 is 0. The Labute approximate surface area is 122 Å². The zero-order valence-electron chi connectivity index (χ0n) is 12.8. The van der Waals surface area contributed by atoms with Crippen molar-refractivity contribution < 1.29 is 4.79 Å². The first-order valence-electron chi connectivity index (χ1n) is 7.79. The average molecular weight is 274 g/mol. The number of nitrogens with zero attached hydrogens (tertiary/aromatic N) is 1. The van der Waals surface area contributed by atoms with Gasteiger partial charge in [0.05, 0.1) is 12.2 Å². The third-order valence-corrected chi connectivity index (χ3v) is 4.31. The predicted octanol–water partition coefficient (Wildman–Crippen LogP) is 2.95. The Hall–Kier alpha value is -1.35. The standard InChI is InChI=1S/C17H26N2O/c1-4-15(5-2)19-13(3)18-16(17(19)20)12-11-14-9-7-6-8-10-14/h6-10,13,15-16,18H,4-5,11-12H2,1-3H3. The van der Waals surface area contributed by atoms with Crippen LogP contribution in [0.2, 0.25) is 0 Å². The summed E-state index contributed by atoms with van der Waals surface area (Å²) < 4.78 is 0. The van der Waals surface area contributed by atoms with E-state index in [9.17, 15) is 4.79 Å². The van der Waals surface area contributed by atoms with Crippen LogP contribution in [0.15, 0.2) is 30.3 Å². The van der Waals surface area contributed by atoms with Crippen molar-refractivity contribution in [1.29, 1.82) is 0 Å². The molecule has 2 unspecified atom stereocenters. The van der Waals surface area contributed by atoms with E-state index in [1.807, 2.05) is 6.07 Å². The molecule has 0 radical (unpaired) electrons. The van der Waals surface area contributed by atoms with Crippen molar-refractivity contribution in [2.45, 2.75) is 64.7 Å². The summed E-state index contributed by atoms with van der Waals surface area (Å²) in [6, 6.07) is 10.7. The highest BCUT2D eigenvalue weighted by Crippen LogP contribution is 2.21. The Bertz CT molecular complexity index is 428. The number of hydrogen-bond donors (Lipinski definition) is 1. The quantitative estimate of drug-likeness (QED) is 0.865. The van der Waals surface area contributed by atoms with Crippen LogP contribution in [0.4, 0.5) is 0 Å². The van der Waals surface area contributed by atoms with Gasteiger partial charge in [-0.05, 0) is 38.2 Å². The number of aryl methyl sites for hydroxylation is 1. The van der Waals surface area contributed by atoms with E-state index in [4.69, 9.17) is 0 Å². The van der Waals surface area contributed by atoms with Crippen LogP contribution in [-0.4, -0.2) is 29.1 Å². The third-order valence-electron chi connectivity index (χ3n) is 4.31. The van der Waals surface area contributed by atoms with Gasteiger partial charge in [0, 0.05) is 6.04 Å². The van der Waals surface area contributed by atoms with Gasteiger partial charge in [-0.3, -0.25) is 10.1 Å². The molecule has 3 heteroatoms. The van der Waals surface area contributed by atoms with E-state index in [2.05, 4.69) is 55.3 Å². The second-order valence-electron chi connectivity index (χ2n) is 5.64. The smallest absolute Gasteiger partial charge is 0.241 e. The first-order chi connectivity index (χ1) is 9.67. The maximum atomic E-state index is 12.6. The fourth-order valence-electron chi connectivity index (χ4n) is 3.15. The van der Waals surface area contributed by atoms with Crippen LogP contribution < -0.4 is 5.32 Å². The molecule has 0 aromatic heterocycles. The highest BCUT2D eigenvalue weighted by molar-refractivity contribution is 5.84. The summed E-state index contributed by atoms with van der Waals surface area (Å²) in [4.78, 5) is 14.6. The summed E-state index contributed by atoms with van der Waals surface area (Å²) in [6.07, 6.45) is 4.05. The Morgan fingerprint density at radius 1 is 1.20 bits per heavy atom. The molecular formula is C17H26N2O. The van der Waals surface area contributed by atoms with Crippen molar-refractivity contribution in [3.8, 4) is 0 Å². The summed E-state index contributed by atoms with van der Waals surface area (Å²) in [7, 11) is 0. The molecule has 20 heavy (non-hydrogen) atoms. The number of nitrogens with one attached hydrogen (secondary N) is 1. The maximum absolute atomic E-state index is 12.6. The van der Waals surface area contributed by atoms with Gasteiger partial charge in [-0.15, -0.1) is 0 Å². The molecule has 0 bridgehead atoms. The Kier molecular flexibility index (Phi) is 5.18. The molecule has 110 valence electrons. The van der Waals surface area contributed by atoms with Crippen molar-refractivity contribution in [3.63, 3.8) is 0 Å². The van der Waals surface area contributed by atoms with Gasteiger partial charge in [-0.25, -0.2) is 0 Å². The molecule has 1 fully saturated rings. The van der Waals surface area contributed by atoms with Gasteiger partial charge in [0.15, 0.2) is 0 Å². The molecule has 0 saturated carbocycles. The van der Waals surface area contributed by atoms with Gasteiger partial charge in [0.25, 0.3) is 0 Å². The molecule has 0 aliphatic carbocycles. The van der Waals surface area contributed by atoms with Crippen LogP contribution in [0, 0.1) is 0 Å².